The molecular weight excluding hydrogens is 534 g/mol. The summed E-state index contributed by atoms with van der Waals surface area (Å²) in [5, 5.41) is 4.95. The quantitative estimate of drug-likeness (QED) is 0.185. The zero-order valence-electron chi connectivity index (χ0n) is 24.8. The average molecular weight is 566 g/mol. The third-order valence-electron chi connectivity index (χ3n) is 8.70. The number of hydrogen-bond donors (Lipinski definition) is 0. The van der Waals surface area contributed by atoms with Crippen LogP contribution in [0.25, 0.3) is 66.2 Å². The van der Waals surface area contributed by atoms with Gasteiger partial charge in [0.15, 0.2) is 0 Å². The molecule has 0 spiro atoms. The highest BCUT2D eigenvalue weighted by atomic mass is 15.1. The van der Waals surface area contributed by atoms with Crippen LogP contribution >= 0.6 is 0 Å². The Morgan fingerprint density at radius 3 is 1.82 bits per heavy atom. The van der Waals surface area contributed by atoms with Gasteiger partial charge < -0.3 is 4.57 Å². The molecule has 0 N–H and O–H groups in total. The van der Waals surface area contributed by atoms with Crippen molar-refractivity contribution in [2.75, 3.05) is 0 Å². The molecule has 0 aliphatic carbocycles. The third-order valence-corrected chi connectivity index (χ3v) is 8.70. The summed E-state index contributed by atoms with van der Waals surface area (Å²) in [6.45, 7) is 4.18. The van der Waals surface area contributed by atoms with Crippen molar-refractivity contribution in [3.63, 3.8) is 0 Å². The van der Waals surface area contributed by atoms with Crippen molar-refractivity contribution < 1.29 is 0 Å². The van der Waals surface area contributed by atoms with Gasteiger partial charge in [0.1, 0.15) is 5.82 Å². The van der Waals surface area contributed by atoms with Crippen molar-refractivity contribution in [1.82, 2.24) is 9.13 Å². The highest BCUT2D eigenvalue weighted by molar-refractivity contribution is 6.13. The van der Waals surface area contributed by atoms with Gasteiger partial charge in [-0.15, -0.1) is 0 Å². The number of aromatic nitrogens is 2. The molecule has 0 unspecified atom stereocenters. The number of aryl methyl sites for hydroxylation is 1. The first-order valence-corrected chi connectivity index (χ1v) is 15.1. The van der Waals surface area contributed by atoms with Gasteiger partial charge in [-0.2, -0.15) is 0 Å². The molecule has 0 atom stereocenters. The molecule has 0 fully saturated rings. The van der Waals surface area contributed by atoms with Crippen LogP contribution in [-0.2, 0) is 0 Å². The van der Waals surface area contributed by atoms with Crippen molar-refractivity contribution in [3.8, 4) is 16.8 Å². The van der Waals surface area contributed by atoms with Gasteiger partial charge >= 0.3 is 0 Å². The van der Waals surface area contributed by atoms with E-state index in [-0.39, 0.29) is 0 Å². The minimum Gasteiger partial charge on any atom is -0.309 e. The summed E-state index contributed by atoms with van der Waals surface area (Å²) in [5.41, 5.74) is 10.6. The smallest absolute Gasteiger partial charge is 0.133 e. The van der Waals surface area contributed by atoms with E-state index in [4.69, 9.17) is 4.99 Å². The Labute approximate surface area is 256 Å². The molecule has 8 aromatic rings. The molecule has 0 radical (unpaired) electrons. The Morgan fingerprint density at radius 1 is 0.545 bits per heavy atom. The topological polar surface area (TPSA) is 22.2 Å². The van der Waals surface area contributed by atoms with Gasteiger partial charge in [0.2, 0.25) is 0 Å². The number of hydrogen-bond acceptors (Lipinski definition) is 1. The minimum atomic E-state index is 0.905. The first-order valence-electron chi connectivity index (χ1n) is 15.1. The summed E-state index contributed by atoms with van der Waals surface area (Å²) in [6.07, 6.45) is 4.06. The fourth-order valence-electron chi connectivity index (χ4n) is 6.54. The van der Waals surface area contributed by atoms with Crippen LogP contribution < -0.4 is 0 Å². The molecule has 2 aromatic heterocycles. The number of rotatable bonds is 5. The molecule has 6 aromatic carbocycles. The molecule has 3 heteroatoms. The highest BCUT2D eigenvalue weighted by Crippen LogP contribution is 2.38. The molecule has 3 nitrogen and oxygen atoms in total. The Morgan fingerprint density at radius 2 is 1.09 bits per heavy atom. The molecule has 0 saturated carbocycles. The maximum Gasteiger partial charge on any atom is 0.133 e. The molecule has 0 saturated heterocycles. The number of aliphatic imine (C=N–C) groups is 1. The predicted octanol–water partition coefficient (Wildman–Crippen LogP) is 10.8. The third kappa shape index (κ3) is 4.17. The summed E-state index contributed by atoms with van der Waals surface area (Å²) in [5.74, 6) is 0.905. The fourth-order valence-corrected chi connectivity index (χ4v) is 6.54. The van der Waals surface area contributed by atoms with E-state index in [1.165, 1.54) is 55.0 Å². The molecular formula is C41H31N3. The summed E-state index contributed by atoms with van der Waals surface area (Å²) in [6, 6.07) is 50.0. The molecule has 0 bridgehead atoms. The van der Waals surface area contributed by atoms with Crippen LogP contribution in [0.3, 0.4) is 0 Å². The van der Waals surface area contributed by atoms with Gasteiger partial charge in [-0.1, -0.05) is 91.0 Å². The summed E-state index contributed by atoms with van der Waals surface area (Å²) in [4.78, 5) is 4.98. The first kappa shape index (κ1) is 26.0. The zero-order chi connectivity index (χ0) is 29.6. The second kappa shape index (κ2) is 10.6. The Balaban J connectivity index is 1.29. The van der Waals surface area contributed by atoms with Crippen molar-refractivity contribution in [1.29, 1.82) is 0 Å². The van der Waals surface area contributed by atoms with Gasteiger partial charge in [-0.05, 0) is 90.7 Å². The van der Waals surface area contributed by atoms with E-state index in [1.807, 2.05) is 6.21 Å². The fraction of sp³-hybridized carbons (Fsp3) is 0.0488. The second-order valence-electron chi connectivity index (χ2n) is 11.3. The Hall–Kier alpha value is -5.67. The van der Waals surface area contributed by atoms with Crippen molar-refractivity contribution in [2.45, 2.75) is 13.8 Å². The summed E-state index contributed by atoms with van der Waals surface area (Å²) >= 11 is 0. The van der Waals surface area contributed by atoms with E-state index in [9.17, 15) is 0 Å². The van der Waals surface area contributed by atoms with Crippen LogP contribution in [0.2, 0.25) is 0 Å². The van der Waals surface area contributed by atoms with Crippen LogP contribution in [0, 0.1) is 6.92 Å². The van der Waals surface area contributed by atoms with Crippen LogP contribution in [0.1, 0.15) is 18.1 Å². The molecule has 8 rings (SSSR count). The maximum atomic E-state index is 4.98. The normalized spacial score (nSPS) is 12.4. The van der Waals surface area contributed by atoms with Crippen molar-refractivity contribution in [3.05, 3.63) is 157 Å². The van der Waals surface area contributed by atoms with Crippen LogP contribution in [0.4, 0.5) is 0 Å². The largest absolute Gasteiger partial charge is 0.309 e. The van der Waals surface area contributed by atoms with Gasteiger partial charge in [-0.3, -0.25) is 4.57 Å². The molecule has 44 heavy (non-hydrogen) atoms. The van der Waals surface area contributed by atoms with Crippen LogP contribution in [-0.4, -0.2) is 15.3 Å². The number of allylic oxidation sites excluding steroid dienone is 1. The Bertz CT molecular complexity index is 2400. The standard InChI is InChI=1S/C41H31N3/c1-3-41(42-27-31-14-8-7-13-28(31)2)44-38-20-12-10-18-34(38)36-26-30(22-24-40(36)44)29-21-23-39-35(25-29)33-17-9-11-19-37(33)43(39)32-15-5-4-6-16-32/h3-27H,1-2H3/b41-3-,42-27?. The first-order chi connectivity index (χ1) is 21.7. The average Bonchev–Trinajstić information content (AvgIpc) is 3.59. The van der Waals surface area contributed by atoms with Gasteiger partial charge in [-0.25, -0.2) is 4.99 Å². The lowest BCUT2D eigenvalue weighted by Gasteiger charge is -2.09. The lowest BCUT2D eigenvalue weighted by atomic mass is 10.0. The lowest BCUT2D eigenvalue weighted by Crippen LogP contribution is -1.96. The van der Waals surface area contributed by atoms with E-state index in [2.05, 4.69) is 169 Å². The molecule has 2 heterocycles. The van der Waals surface area contributed by atoms with Crippen molar-refractivity contribution >= 4 is 55.6 Å². The van der Waals surface area contributed by atoms with Gasteiger partial charge in [0.25, 0.3) is 0 Å². The molecule has 0 amide bonds. The van der Waals surface area contributed by atoms with E-state index in [0.717, 1.165) is 22.4 Å². The van der Waals surface area contributed by atoms with Gasteiger partial charge in [0.05, 0.1) is 22.1 Å². The van der Waals surface area contributed by atoms with Gasteiger partial charge in [0, 0.05) is 33.4 Å². The summed E-state index contributed by atoms with van der Waals surface area (Å²) in [7, 11) is 0. The second-order valence-corrected chi connectivity index (χ2v) is 11.3. The van der Waals surface area contributed by atoms with E-state index >= 15 is 0 Å². The van der Waals surface area contributed by atoms with Crippen LogP contribution in [0.15, 0.2) is 151 Å². The predicted molar refractivity (Wildman–Crippen MR) is 188 cm³/mol. The zero-order valence-corrected chi connectivity index (χ0v) is 24.8. The number of benzene rings is 6. The highest BCUT2D eigenvalue weighted by Gasteiger charge is 2.16. The molecule has 0 aliphatic rings. The monoisotopic (exact) mass is 565 g/mol. The van der Waals surface area contributed by atoms with E-state index in [1.54, 1.807) is 0 Å². The molecule has 210 valence electrons. The number of nitrogens with zero attached hydrogens (tertiary/aromatic N) is 3. The van der Waals surface area contributed by atoms with E-state index < -0.39 is 0 Å². The lowest BCUT2D eigenvalue weighted by molar-refractivity contribution is 1.17. The SMILES string of the molecule is C/C=C(/N=Cc1ccccc1C)n1c2ccccc2c2cc(-c3ccc4c(c3)c3ccccc3n4-c3ccccc3)ccc21. The number of para-hydroxylation sites is 3. The minimum absolute atomic E-state index is 0.905. The number of fused-ring (bicyclic) bond motifs is 6. The maximum absolute atomic E-state index is 4.98. The molecule has 0 aliphatic heterocycles. The summed E-state index contributed by atoms with van der Waals surface area (Å²) < 4.78 is 4.64. The van der Waals surface area contributed by atoms with Crippen molar-refractivity contribution in [2.24, 2.45) is 4.99 Å². The van der Waals surface area contributed by atoms with E-state index in [0.29, 0.717) is 0 Å². The Kier molecular flexibility index (Phi) is 6.23. The van der Waals surface area contributed by atoms with Crippen LogP contribution in [0.5, 0.6) is 0 Å².